The minimum Gasteiger partial charge on any atom is -0.480 e. The zero-order valence-electron chi connectivity index (χ0n) is 57.6. The Bertz CT molecular complexity index is 2900. The molecule has 2 heterocycles. The quantitative estimate of drug-likeness (QED) is 0.0128. The number of carbonyl (C=O) groups excluding carboxylic acids is 12. The Kier molecular flexibility index (Phi) is 37.6. The number of nitrogens with zero attached hydrogens (tertiary/aromatic N) is 2. The van der Waals surface area contributed by atoms with Gasteiger partial charge >= 0.3 is 5.97 Å². The second-order valence-corrected chi connectivity index (χ2v) is 26.0. The van der Waals surface area contributed by atoms with Gasteiger partial charge in [0.25, 0.3) is 0 Å². The monoisotopic (exact) mass is 1430 g/mol. The number of aliphatic hydroxyl groups excluding tert-OH is 2. The highest BCUT2D eigenvalue weighted by Crippen LogP contribution is 2.28. The molecule has 0 radical (unpaired) electrons. The molecule has 99 heavy (non-hydrogen) atoms. The van der Waals surface area contributed by atoms with Crippen LogP contribution in [0.25, 0.3) is 0 Å². The molecule has 12 amide bonds. The van der Waals surface area contributed by atoms with E-state index in [2.05, 4.69) is 83.7 Å². The normalized spacial score (nSPS) is 18.6. The largest absolute Gasteiger partial charge is 0.480 e. The van der Waals surface area contributed by atoms with Gasteiger partial charge in [-0.1, -0.05) is 91.1 Å². The van der Waals surface area contributed by atoms with Crippen LogP contribution in [0.15, 0.2) is 30.3 Å². The van der Waals surface area contributed by atoms with Crippen molar-refractivity contribution in [1.29, 1.82) is 5.41 Å². The van der Waals surface area contributed by atoms with E-state index in [1.165, 1.54) is 16.7 Å². The molecule has 0 spiro atoms. The van der Waals surface area contributed by atoms with Crippen LogP contribution in [0.4, 0.5) is 0 Å². The van der Waals surface area contributed by atoms with E-state index in [1.807, 2.05) is 0 Å². The number of hydrogen-bond acceptors (Lipinski definition) is 20. The summed E-state index contributed by atoms with van der Waals surface area (Å²) in [5, 5.41) is 67.1. The van der Waals surface area contributed by atoms with E-state index in [0.29, 0.717) is 44.1 Å². The van der Waals surface area contributed by atoms with Crippen molar-refractivity contribution in [2.24, 2.45) is 35.0 Å². The lowest BCUT2D eigenvalue weighted by molar-refractivity contribution is -0.149. The van der Waals surface area contributed by atoms with E-state index >= 15 is 0 Å². The molecule has 2 saturated heterocycles. The van der Waals surface area contributed by atoms with E-state index in [0.717, 1.165) is 0 Å². The number of benzene rings is 1. The zero-order valence-corrected chi connectivity index (χ0v) is 59.4. The van der Waals surface area contributed by atoms with Gasteiger partial charge in [-0.3, -0.25) is 62.9 Å². The van der Waals surface area contributed by atoms with Crippen LogP contribution in [0.5, 0.6) is 0 Å². The van der Waals surface area contributed by atoms with Gasteiger partial charge in [-0.25, -0.2) is 4.79 Å². The lowest BCUT2D eigenvalue weighted by atomic mass is 9.96. The maximum absolute atomic E-state index is 14.8. The lowest BCUT2D eigenvalue weighted by Crippen LogP contribution is -2.63. The van der Waals surface area contributed by atoms with Crippen molar-refractivity contribution >= 4 is 108 Å². The molecule has 33 nitrogen and oxygen atoms in total. The number of amides is 12. The summed E-state index contributed by atoms with van der Waals surface area (Å²) in [4.78, 5) is 182. The number of guanidine groups is 1. The first kappa shape index (κ1) is 85.4. The minimum absolute atomic E-state index is 0.00947. The van der Waals surface area contributed by atoms with Gasteiger partial charge < -0.3 is 101 Å². The Morgan fingerprint density at radius 3 is 1.63 bits per heavy atom. The number of unbranched alkanes of at least 4 members (excludes halogenated alkanes) is 1. The molecule has 0 unspecified atom stereocenters. The maximum Gasteiger partial charge on any atom is 0.326 e. The van der Waals surface area contributed by atoms with Crippen LogP contribution < -0.4 is 75.7 Å². The van der Waals surface area contributed by atoms with Gasteiger partial charge in [0.1, 0.15) is 66.5 Å². The van der Waals surface area contributed by atoms with E-state index in [9.17, 15) is 77.6 Å². The zero-order chi connectivity index (χ0) is 74.2. The molecule has 3 rings (SSSR count). The van der Waals surface area contributed by atoms with Crippen LogP contribution in [0.1, 0.15) is 131 Å². The Labute approximate surface area is 589 Å². The molecular weight excluding hydrogens is 1330 g/mol. The van der Waals surface area contributed by atoms with Crippen molar-refractivity contribution < 1.29 is 77.6 Å². The van der Waals surface area contributed by atoms with E-state index in [4.69, 9.17) is 22.6 Å². The molecular formula is C64H107N17O16S2. The van der Waals surface area contributed by atoms with Gasteiger partial charge in [-0.15, -0.1) is 0 Å². The van der Waals surface area contributed by atoms with Crippen molar-refractivity contribution in [2.45, 2.75) is 211 Å². The van der Waals surface area contributed by atoms with Crippen LogP contribution in [-0.4, -0.2) is 237 Å². The van der Waals surface area contributed by atoms with Crippen molar-refractivity contribution in [3.63, 3.8) is 0 Å². The number of carboxylic acid groups (broad SMARTS) is 1. The number of carboxylic acids is 1. The van der Waals surface area contributed by atoms with Crippen molar-refractivity contribution in [2.75, 3.05) is 50.8 Å². The minimum atomic E-state index is -1.77. The number of nitrogens with one attached hydrogen (secondary N) is 12. The molecule has 2 aliphatic heterocycles. The molecule has 2 aliphatic rings. The smallest absolute Gasteiger partial charge is 0.326 e. The molecule has 1 aromatic rings. The van der Waals surface area contributed by atoms with Gasteiger partial charge in [0.2, 0.25) is 70.9 Å². The SMILES string of the molecule is CC[C@H](C)[C@H](NC(=O)[C@H](CCCNC(=N)N)NC(=O)CNC(=O)[C@@H](N)CS)C(=O)N[C@H](C(=O)N[C@@H](CCCCN)C(=O)N[C@@H](CO)C(=O)N[C@H](C(=O)N1CCC[C@H]1C(=O)N1CCC[C@H]1C(=O)N[C@H](C(=O)N[C@@H](CS)C(=O)N[C@@H](Cc1ccccc1)C(=O)O)[C@@H](C)CC)[C@@H](C)CC)[C@@H](C)O. The molecule has 0 aliphatic carbocycles. The number of likely N-dealkylation sites (tertiary alicyclic amines) is 2. The number of nitrogens with two attached hydrogens (primary N) is 3. The molecule has 35 heteroatoms. The molecule has 0 bridgehead atoms. The molecule has 556 valence electrons. The van der Waals surface area contributed by atoms with Crippen LogP contribution >= 0.6 is 25.3 Å². The van der Waals surface area contributed by atoms with Crippen LogP contribution in [0.3, 0.4) is 0 Å². The number of rotatable bonds is 43. The molecule has 1 aromatic carbocycles. The highest BCUT2D eigenvalue weighted by atomic mass is 32.1. The van der Waals surface area contributed by atoms with E-state index in [-0.39, 0.29) is 88.6 Å². The number of aliphatic hydroxyl groups is 2. The average molecular weight is 1430 g/mol. The third-order valence-corrected chi connectivity index (χ3v) is 18.5. The summed E-state index contributed by atoms with van der Waals surface area (Å²) in [5.41, 5.74) is 17.5. The standard InChI is InChI=1S/C64H107N17O16S2/c1-8-34(4)48(58(91)75-44(33-99)56(89)73-42(63(96)97)29-38-19-12-11-13-20-38)77-57(90)45-23-17-27-80(45)61(94)46-24-18-28-81(46)62(95)50(36(6)10-3)78-55(88)43(31-82)74-53(86)41(21-14-15-25-65)72-60(93)51(37(7)83)79-59(92)49(35(5)9-2)76-54(87)40(22-16-26-69-64(67)68)71-47(84)30-70-52(85)39(66)32-98/h11-13,19-20,34-37,39-46,48-51,82-83,98-99H,8-10,14-18,21-33,65-66H2,1-7H3,(H,70,85)(H,71,84)(H,72,93)(H,73,89)(H,74,86)(H,75,91)(H,76,87)(H,77,90)(H,78,88)(H,79,92)(H,96,97)(H4,67,68,69)/t34-,35-,36-,37+,39-,40-,41-,42-,43-,44-,45-,46-,48-,49-,50-,51-/m0/s1. The number of hydrogen-bond donors (Lipinski definition) is 20. The van der Waals surface area contributed by atoms with Crippen molar-refractivity contribution in [3.8, 4) is 0 Å². The summed E-state index contributed by atoms with van der Waals surface area (Å²) in [5.74, 6) is -13.3. The number of carbonyl (C=O) groups is 13. The van der Waals surface area contributed by atoms with Crippen molar-refractivity contribution in [1.82, 2.24) is 68.3 Å². The molecule has 0 aromatic heterocycles. The van der Waals surface area contributed by atoms with E-state index in [1.54, 1.807) is 71.9 Å². The van der Waals surface area contributed by atoms with E-state index < -0.39 is 186 Å². The second-order valence-electron chi connectivity index (χ2n) is 25.3. The number of thiol groups is 2. The first-order chi connectivity index (χ1) is 46.9. The van der Waals surface area contributed by atoms with Gasteiger partial charge in [0.05, 0.1) is 25.3 Å². The Morgan fingerprint density at radius 1 is 0.576 bits per heavy atom. The number of aliphatic carboxylic acids is 1. The Morgan fingerprint density at radius 2 is 1.06 bits per heavy atom. The molecule has 2 fully saturated rings. The Balaban J connectivity index is 1.80. The second kappa shape index (κ2) is 43.6. The Hall–Kier alpha value is -7.86. The predicted octanol–water partition coefficient (Wildman–Crippen LogP) is -4.13. The van der Waals surface area contributed by atoms with Gasteiger partial charge in [0.15, 0.2) is 5.96 Å². The average Bonchev–Trinajstić information content (AvgIpc) is 1.68. The predicted molar refractivity (Wildman–Crippen MR) is 373 cm³/mol. The molecule has 16 atom stereocenters. The summed E-state index contributed by atoms with van der Waals surface area (Å²) in [6, 6.07) is -7.38. The highest BCUT2D eigenvalue weighted by Gasteiger charge is 2.46. The van der Waals surface area contributed by atoms with Crippen LogP contribution in [-0.2, 0) is 68.7 Å². The molecule has 21 N–H and O–H groups in total. The summed E-state index contributed by atoms with van der Waals surface area (Å²) in [6.45, 7) is 10.4. The summed E-state index contributed by atoms with van der Waals surface area (Å²) in [6.07, 6.45) is 1.17. The molecule has 0 saturated carbocycles. The van der Waals surface area contributed by atoms with Crippen LogP contribution in [0.2, 0.25) is 0 Å². The maximum atomic E-state index is 14.8. The first-order valence-electron chi connectivity index (χ1n) is 33.9. The third kappa shape index (κ3) is 27.0. The highest BCUT2D eigenvalue weighted by molar-refractivity contribution is 7.80. The lowest BCUT2D eigenvalue weighted by Gasteiger charge is -2.35. The van der Waals surface area contributed by atoms with Gasteiger partial charge in [-0.2, -0.15) is 25.3 Å². The fraction of sp³-hybridized carbons (Fsp3) is 0.688. The first-order valence-corrected chi connectivity index (χ1v) is 35.1. The van der Waals surface area contributed by atoms with Gasteiger partial charge in [0, 0.05) is 37.6 Å². The van der Waals surface area contributed by atoms with Gasteiger partial charge in [-0.05, 0) is 94.6 Å². The third-order valence-electron chi connectivity index (χ3n) is 17.8. The van der Waals surface area contributed by atoms with Crippen molar-refractivity contribution in [3.05, 3.63) is 35.9 Å². The summed E-state index contributed by atoms with van der Waals surface area (Å²) in [7, 11) is 0. The topological polar surface area (TPSA) is 523 Å². The fourth-order valence-electron chi connectivity index (χ4n) is 11.1. The fourth-order valence-corrected chi connectivity index (χ4v) is 11.6. The van der Waals surface area contributed by atoms with Crippen LogP contribution in [0, 0.1) is 23.2 Å². The summed E-state index contributed by atoms with van der Waals surface area (Å²) < 4.78 is 0. The summed E-state index contributed by atoms with van der Waals surface area (Å²) >= 11 is 8.23.